The molecule has 0 aliphatic carbocycles. The van der Waals surface area contributed by atoms with E-state index in [1.807, 2.05) is 6.92 Å². The van der Waals surface area contributed by atoms with Gasteiger partial charge in [-0.1, -0.05) is 6.92 Å². The molecule has 0 spiro atoms. The van der Waals surface area contributed by atoms with E-state index in [0.717, 1.165) is 11.2 Å². The standard InChI is InChI=1S/C6H8N2O/c1-2-6-5-7-3-4-8(6)9/h3-5H,2H2,1H3. The zero-order chi connectivity index (χ0) is 6.69. The molecule has 0 fully saturated rings. The van der Waals surface area contributed by atoms with Crippen LogP contribution < -0.4 is 4.73 Å². The molecule has 9 heavy (non-hydrogen) atoms. The lowest BCUT2D eigenvalue weighted by molar-refractivity contribution is -0.614. The van der Waals surface area contributed by atoms with Crippen LogP contribution >= 0.6 is 0 Å². The van der Waals surface area contributed by atoms with Gasteiger partial charge >= 0.3 is 0 Å². The summed E-state index contributed by atoms with van der Waals surface area (Å²) < 4.78 is 0.826. The lowest BCUT2D eigenvalue weighted by atomic mass is 10.4. The lowest BCUT2D eigenvalue weighted by Crippen LogP contribution is -2.30. The molecule has 0 unspecified atom stereocenters. The van der Waals surface area contributed by atoms with Gasteiger partial charge in [0.1, 0.15) is 0 Å². The van der Waals surface area contributed by atoms with E-state index in [9.17, 15) is 5.21 Å². The van der Waals surface area contributed by atoms with Crippen LogP contribution in [0.1, 0.15) is 12.6 Å². The van der Waals surface area contributed by atoms with Crippen molar-refractivity contribution in [1.82, 2.24) is 4.98 Å². The van der Waals surface area contributed by atoms with Crippen molar-refractivity contribution in [3.8, 4) is 0 Å². The lowest BCUT2D eigenvalue weighted by Gasteiger charge is -1.97. The molecular formula is C6H8N2O. The molecule has 0 saturated heterocycles. The predicted molar refractivity (Wildman–Crippen MR) is 32.6 cm³/mol. The largest absolute Gasteiger partial charge is 0.618 e. The first-order valence-corrected chi connectivity index (χ1v) is 2.86. The smallest absolute Gasteiger partial charge is 0.210 e. The number of aromatic nitrogens is 2. The molecule has 1 rings (SSSR count). The van der Waals surface area contributed by atoms with Gasteiger partial charge in [0.25, 0.3) is 0 Å². The Morgan fingerprint density at radius 1 is 1.78 bits per heavy atom. The van der Waals surface area contributed by atoms with Crippen molar-refractivity contribution in [2.24, 2.45) is 0 Å². The predicted octanol–water partition coefficient (Wildman–Crippen LogP) is 0.277. The summed E-state index contributed by atoms with van der Waals surface area (Å²) in [5, 5.41) is 10.7. The van der Waals surface area contributed by atoms with E-state index in [0.29, 0.717) is 5.69 Å². The van der Waals surface area contributed by atoms with Gasteiger partial charge in [0.05, 0.1) is 12.4 Å². The maximum atomic E-state index is 10.7. The first kappa shape index (κ1) is 6.01. The average molecular weight is 124 g/mol. The number of nitrogens with zero attached hydrogens (tertiary/aromatic N) is 2. The van der Waals surface area contributed by atoms with Gasteiger partial charge in [0.15, 0.2) is 6.20 Å². The van der Waals surface area contributed by atoms with Gasteiger partial charge in [-0.05, 0) is 0 Å². The molecular weight excluding hydrogens is 116 g/mol. The Bertz CT molecular complexity index is 200. The molecule has 0 aromatic carbocycles. The van der Waals surface area contributed by atoms with Crippen molar-refractivity contribution in [3.63, 3.8) is 0 Å². The summed E-state index contributed by atoms with van der Waals surface area (Å²) in [5.74, 6) is 0. The van der Waals surface area contributed by atoms with Crippen LogP contribution in [0.15, 0.2) is 18.6 Å². The van der Waals surface area contributed by atoms with Crippen LogP contribution in [0.2, 0.25) is 0 Å². The Kier molecular flexibility index (Phi) is 1.63. The molecule has 1 aromatic heterocycles. The van der Waals surface area contributed by atoms with Gasteiger partial charge in [-0.25, -0.2) is 0 Å². The van der Waals surface area contributed by atoms with Crippen molar-refractivity contribution in [2.45, 2.75) is 13.3 Å². The minimum Gasteiger partial charge on any atom is -0.618 e. The Hall–Kier alpha value is -1.12. The van der Waals surface area contributed by atoms with E-state index in [4.69, 9.17) is 0 Å². The minimum atomic E-state index is 0.706. The van der Waals surface area contributed by atoms with E-state index in [1.165, 1.54) is 12.4 Å². The molecule has 48 valence electrons. The van der Waals surface area contributed by atoms with E-state index >= 15 is 0 Å². The minimum absolute atomic E-state index is 0.706. The zero-order valence-corrected chi connectivity index (χ0v) is 5.24. The fourth-order valence-electron chi connectivity index (χ4n) is 0.628. The van der Waals surface area contributed by atoms with Gasteiger partial charge in [-0.15, -0.1) is 0 Å². The summed E-state index contributed by atoms with van der Waals surface area (Å²) in [5.41, 5.74) is 0.706. The quantitative estimate of drug-likeness (QED) is 0.398. The third-order valence-electron chi connectivity index (χ3n) is 1.16. The fourth-order valence-corrected chi connectivity index (χ4v) is 0.628. The maximum Gasteiger partial charge on any atom is 0.210 e. The molecule has 3 heteroatoms. The Morgan fingerprint density at radius 3 is 3.00 bits per heavy atom. The van der Waals surface area contributed by atoms with Crippen LogP contribution in [0.5, 0.6) is 0 Å². The summed E-state index contributed by atoms with van der Waals surface area (Å²) in [6.45, 7) is 1.92. The molecule has 0 amide bonds. The van der Waals surface area contributed by atoms with E-state index < -0.39 is 0 Å². The van der Waals surface area contributed by atoms with E-state index in [-0.39, 0.29) is 0 Å². The molecule has 0 atom stereocenters. The van der Waals surface area contributed by atoms with Crippen LogP contribution in [-0.4, -0.2) is 4.98 Å². The van der Waals surface area contributed by atoms with Gasteiger partial charge in [-0.2, -0.15) is 4.73 Å². The van der Waals surface area contributed by atoms with E-state index in [2.05, 4.69) is 4.98 Å². The first-order chi connectivity index (χ1) is 4.34. The zero-order valence-electron chi connectivity index (χ0n) is 5.24. The molecule has 1 aromatic rings. The van der Waals surface area contributed by atoms with Crippen LogP contribution in [-0.2, 0) is 6.42 Å². The summed E-state index contributed by atoms with van der Waals surface area (Å²) >= 11 is 0. The van der Waals surface area contributed by atoms with Crippen molar-refractivity contribution < 1.29 is 4.73 Å². The second-order valence-electron chi connectivity index (χ2n) is 1.75. The number of aryl methyl sites for hydroxylation is 1. The summed E-state index contributed by atoms with van der Waals surface area (Å²) in [4.78, 5) is 3.80. The molecule has 0 aliphatic rings. The van der Waals surface area contributed by atoms with E-state index in [1.54, 1.807) is 6.20 Å². The van der Waals surface area contributed by atoms with Crippen molar-refractivity contribution in [1.29, 1.82) is 0 Å². The molecule has 0 aliphatic heterocycles. The highest BCUT2D eigenvalue weighted by Gasteiger charge is 1.97. The molecule has 0 bridgehead atoms. The van der Waals surface area contributed by atoms with Crippen molar-refractivity contribution >= 4 is 0 Å². The molecule has 1 heterocycles. The van der Waals surface area contributed by atoms with Crippen LogP contribution in [0, 0.1) is 5.21 Å². The highest BCUT2D eigenvalue weighted by Crippen LogP contribution is 1.85. The van der Waals surface area contributed by atoms with Gasteiger partial charge < -0.3 is 5.21 Å². The molecule has 0 saturated carbocycles. The van der Waals surface area contributed by atoms with Gasteiger partial charge in [-0.3, -0.25) is 4.98 Å². The summed E-state index contributed by atoms with van der Waals surface area (Å²) in [6.07, 6.45) is 5.19. The van der Waals surface area contributed by atoms with Crippen LogP contribution in [0.25, 0.3) is 0 Å². The average Bonchev–Trinajstić information content (AvgIpc) is 1.89. The molecule has 0 radical (unpaired) electrons. The molecule has 3 nitrogen and oxygen atoms in total. The van der Waals surface area contributed by atoms with Crippen LogP contribution in [0.3, 0.4) is 0 Å². The topological polar surface area (TPSA) is 39.8 Å². The third kappa shape index (κ3) is 1.16. The second-order valence-corrected chi connectivity index (χ2v) is 1.75. The third-order valence-corrected chi connectivity index (χ3v) is 1.16. The number of rotatable bonds is 1. The highest BCUT2D eigenvalue weighted by atomic mass is 16.5. The summed E-state index contributed by atoms with van der Waals surface area (Å²) in [7, 11) is 0. The van der Waals surface area contributed by atoms with Crippen molar-refractivity contribution in [2.75, 3.05) is 0 Å². The molecule has 0 N–H and O–H groups in total. The Morgan fingerprint density at radius 2 is 2.56 bits per heavy atom. The fraction of sp³-hybridized carbons (Fsp3) is 0.333. The normalized spacial score (nSPS) is 9.44. The second kappa shape index (κ2) is 2.44. The monoisotopic (exact) mass is 124 g/mol. The first-order valence-electron chi connectivity index (χ1n) is 2.86. The Labute approximate surface area is 53.6 Å². The maximum absolute atomic E-state index is 10.7. The highest BCUT2D eigenvalue weighted by molar-refractivity contribution is 4.85. The number of hydrogen-bond acceptors (Lipinski definition) is 2. The van der Waals surface area contributed by atoms with Crippen molar-refractivity contribution in [3.05, 3.63) is 29.5 Å². The summed E-state index contributed by atoms with van der Waals surface area (Å²) in [6, 6.07) is 0. The van der Waals surface area contributed by atoms with Gasteiger partial charge in [0, 0.05) is 6.42 Å². The number of hydrogen-bond donors (Lipinski definition) is 0. The van der Waals surface area contributed by atoms with Crippen LogP contribution in [0.4, 0.5) is 0 Å². The SMILES string of the molecule is CCc1cncc[n+]1[O-]. The Balaban J connectivity index is 3.01. The van der Waals surface area contributed by atoms with Gasteiger partial charge in [0.2, 0.25) is 5.69 Å².